The number of benzene rings is 1. The average molecular weight is 490 g/mol. The molecule has 11 heteroatoms. The van der Waals surface area contributed by atoms with E-state index in [0.717, 1.165) is 29.9 Å². The van der Waals surface area contributed by atoms with Crippen molar-refractivity contribution in [2.75, 3.05) is 13.2 Å². The van der Waals surface area contributed by atoms with Crippen LogP contribution in [0.25, 0.3) is 0 Å². The van der Waals surface area contributed by atoms with Crippen LogP contribution in [0.2, 0.25) is 0 Å². The van der Waals surface area contributed by atoms with Crippen LogP contribution in [0.3, 0.4) is 0 Å². The highest BCUT2D eigenvalue weighted by Crippen LogP contribution is 2.25. The van der Waals surface area contributed by atoms with Crippen molar-refractivity contribution in [3.63, 3.8) is 0 Å². The molecule has 0 bridgehead atoms. The van der Waals surface area contributed by atoms with E-state index in [9.17, 15) is 18.0 Å². The van der Waals surface area contributed by atoms with E-state index in [4.69, 9.17) is 19.7 Å². The molecule has 0 saturated heterocycles. The number of hydrogen-bond donors (Lipinski definition) is 2. The zero-order valence-corrected chi connectivity index (χ0v) is 19.2. The number of nitrogens with zero attached hydrogens (tertiary/aromatic N) is 3. The number of nitrogens with one attached hydrogen (secondary N) is 1. The van der Waals surface area contributed by atoms with Crippen LogP contribution in [0.15, 0.2) is 48.7 Å². The molecule has 1 aromatic carbocycles. The fraction of sp³-hybridized carbons (Fsp3) is 0.333. The van der Waals surface area contributed by atoms with E-state index in [1.54, 1.807) is 6.07 Å². The highest BCUT2D eigenvalue weighted by atomic mass is 19.4. The van der Waals surface area contributed by atoms with Crippen LogP contribution in [0.5, 0.6) is 0 Å². The SMILES string of the molecule is Cc1cc(C)nc(C(=O)NCC2OCCc3cn(Cc4ccccc4)nc32)c1.O=C(O)C(F)(F)F. The van der Waals surface area contributed by atoms with Crippen molar-refractivity contribution >= 4 is 11.9 Å². The van der Waals surface area contributed by atoms with Gasteiger partial charge in [0.1, 0.15) is 11.8 Å². The molecule has 1 aliphatic rings. The van der Waals surface area contributed by atoms with Gasteiger partial charge >= 0.3 is 12.1 Å². The van der Waals surface area contributed by atoms with Gasteiger partial charge in [-0.25, -0.2) is 9.78 Å². The maximum atomic E-state index is 12.5. The molecule has 35 heavy (non-hydrogen) atoms. The van der Waals surface area contributed by atoms with Crippen molar-refractivity contribution < 1.29 is 32.6 Å². The van der Waals surface area contributed by atoms with Gasteiger partial charge in [-0.05, 0) is 49.1 Å². The zero-order valence-electron chi connectivity index (χ0n) is 19.2. The number of carboxylic acid groups (broad SMARTS) is 1. The van der Waals surface area contributed by atoms with Gasteiger partial charge in [0, 0.05) is 18.4 Å². The molecule has 1 unspecified atom stereocenters. The number of aliphatic carboxylic acids is 1. The fourth-order valence-electron chi connectivity index (χ4n) is 3.57. The Morgan fingerprint density at radius 2 is 1.89 bits per heavy atom. The van der Waals surface area contributed by atoms with Gasteiger partial charge in [0.2, 0.25) is 0 Å². The van der Waals surface area contributed by atoms with E-state index in [0.29, 0.717) is 18.8 Å². The third-order valence-electron chi connectivity index (χ3n) is 5.07. The second-order valence-electron chi connectivity index (χ2n) is 8.02. The lowest BCUT2D eigenvalue weighted by molar-refractivity contribution is -0.192. The third-order valence-corrected chi connectivity index (χ3v) is 5.07. The predicted octanol–water partition coefficient (Wildman–Crippen LogP) is 3.62. The molecule has 3 aromatic rings. The molecule has 0 fully saturated rings. The number of carbonyl (C=O) groups excluding carboxylic acids is 1. The Balaban J connectivity index is 0.000000429. The summed E-state index contributed by atoms with van der Waals surface area (Å²) in [4.78, 5) is 25.7. The molecule has 0 radical (unpaired) electrons. The Bertz CT molecular complexity index is 1160. The molecular weight excluding hydrogens is 465 g/mol. The Kier molecular flexibility index (Phi) is 8.23. The quantitative estimate of drug-likeness (QED) is 0.566. The molecule has 1 amide bonds. The summed E-state index contributed by atoms with van der Waals surface area (Å²) in [6, 6.07) is 14.0. The van der Waals surface area contributed by atoms with Crippen LogP contribution in [-0.2, 0) is 22.5 Å². The number of carbonyl (C=O) groups is 2. The summed E-state index contributed by atoms with van der Waals surface area (Å²) in [7, 11) is 0. The Morgan fingerprint density at radius 1 is 1.20 bits per heavy atom. The van der Waals surface area contributed by atoms with Gasteiger partial charge in [-0.15, -0.1) is 0 Å². The van der Waals surface area contributed by atoms with Crippen LogP contribution < -0.4 is 5.32 Å². The molecule has 8 nitrogen and oxygen atoms in total. The molecule has 1 aliphatic heterocycles. The third kappa shape index (κ3) is 7.38. The fourth-order valence-corrected chi connectivity index (χ4v) is 3.57. The molecular formula is C24H25F3N4O4. The topological polar surface area (TPSA) is 106 Å². The second kappa shape index (κ2) is 11.1. The minimum atomic E-state index is -5.08. The lowest BCUT2D eigenvalue weighted by Gasteiger charge is -2.22. The van der Waals surface area contributed by atoms with Gasteiger partial charge in [0.15, 0.2) is 0 Å². The van der Waals surface area contributed by atoms with Crippen LogP contribution in [0, 0.1) is 13.8 Å². The van der Waals surface area contributed by atoms with Gasteiger partial charge < -0.3 is 15.2 Å². The lowest BCUT2D eigenvalue weighted by atomic mass is 10.1. The van der Waals surface area contributed by atoms with Gasteiger partial charge in [0.25, 0.3) is 5.91 Å². The normalized spacial score (nSPS) is 14.9. The first kappa shape index (κ1) is 25.9. The van der Waals surface area contributed by atoms with E-state index >= 15 is 0 Å². The summed E-state index contributed by atoms with van der Waals surface area (Å²) >= 11 is 0. The van der Waals surface area contributed by atoms with E-state index < -0.39 is 12.1 Å². The van der Waals surface area contributed by atoms with Crippen LogP contribution in [-0.4, -0.2) is 51.1 Å². The summed E-state index contributed by atoms with van der Waals surface area (Å²) in [5.74, 6) is -2.95. The molecule has 2 aromatic heterocycles. The summed E-state index contributed by atoms with van der Waals surface area (Å²) in [5.41, 5.74) is 5.59. The highest BCUT2D eigenvalue weighted by Gasteiger charge is 2.38. The number of hydrogen-bond acceptors (Lipinski definition) is 5. The molecule has 0 saturated carbocycles. The first-order valence-electron chi connectivity index (χ1n) is 10.8. The van der Waals surface area contributed by atoms with Gasteiger partial charge in [0.05, 0.1) is 18.8 Å². The molecule has 1 atom stereocenters. The molecule has 3 heterocycles. The minimum Gasteiger partial charge on any atom is -0.475 e. The number of carboxylic acids is 1. The molecule has 0 spiro atoms. The van der Waals surface area contributed by atoms with Crippen molar-refractivity contribution in [2.24, 2.45) is 0 Å². The van der Waals surface area contributed by atoms with E-state index in [1.807, 2.05) is 42.8 Å². The average Bonchev–Trinajstić information content (AvgIpc) is 3.20. The van der Waals surface area contributed by atoms with Gasteiger partial charge in [-0.3, -0.25) is 9.48 Å². The number of amides is 1. The number of halogens is 3. The Morgan fingerprint density at radius 3 is 2.51 bits per heavy atom. The first-order valence-corrected chi connectivity index (χ1v) is 10.8. The number of fused-ring (bicyclic) bond motifs is 1. The number of aryl methyl sites for hydroxylation is 2. The number of aromatic nitrogens is 3. The number of rotatable bonds is 5. The van der Waals surface area contributed by atoms with Crippen LogP contribution >= 0.6 is 0 Å². The van der Waals surface area contributed by atoms with E-state index in [1.165, 1.54) is 11.1 Å². The van der Waals surface area contributed by atoms with Crippen molar-refractivity contribution in [2.45, 2.75) is 39.1 Å². The van der Waals surface area contributed by atoms with Gasteiger partial charge in [-0.1, -0.05) is 30.3 Å². The lowest BCUT2D eigenvalue weighted by Crippen LogP contribution is -2.32. The summed E-state index contributed by atoms with van der Waals surface area (Å²) < 4.78 is 39.6. The molecule has 2 N–H and O–H groups in total. The van der Waals surface area contributed by atoms with E-state index in [-0.39, 0.29) is 12.0 Å². The van der Waals surface area contributed by atoms with Crippen molar-refractivity contribution in [1.29, 1.82) is 0 Å². The number of alkyl halides is 3. The number of pyridine rings is 1. The largest absolute Gasteiger partial charge is 0.490 e. The van der Waals surface area contributed by atoms with Crippen molar-refractivity contribution in [1.82, 2.24) is 20.1 Å². The maximum absolute atomic E-state index is 12.5. The molecule has 4 rings (SSSR count). The summed E-state index contributed by atoms with van der Waals surface area (Å²) in [5, 5.41) is 14.8. The second-order valence-corrected chi connectivity index (χ2v) is 8.02. The van der Waals surface area contributed by atoms with Crippen LogP contribution in [0.1, 0.15) is 44.7 Å². The first-order chi connectivity index (χ1) is 16.5. The van der Waals surface area contributed by atoms with Crippen molar-refractivity contribution in [3.05, 3.63) is 82.4 Å². The van der Waals surface area contributed by atoms with Crippen LogP contribution in [0.4, 0.5) is 13.2 Å². The monoisotopic (exact) mass is 490 g/mol. The highest BCUT2D eigenvalue weighted by molar-refractivity contribution is 5.92. The number of ether oxygens (including phenoxy) is 1. The standard InChI is InChI=1S/C22H24N4O2.C2HF3O2/c1-15-10-16(2)24-19(11-15)22(27)23-12-20-21-18(8-9-28-20)14-26(25-21)13-17-6-4-3-5-7-17;3-2(4,5)1(6)7/h3-7,10-11,14,20H,8-9,12-13H2,1-2H3,(H,23,27);(H,6,7). The maximum Gasteiger partial charge on any atom is 0.490 e. The molecule has 186 valence electrons. The van der Waals surface area contributed by atoms with Crippen molar-refractivity contribution in [3.8, 4) is 0 Å². The Hall–Kier alpha value is -3.73. The smallest absolute Gasteiger partial charge is 0.475 e. The predicted molar refractivity (Wildman–Crippen MR) is 120 cm³/mol. The van der Waals surface area contributed by atoms with Gasteiger partial charge in [-0.2, -0.15) is 18.3 Å². The minimum absolute atomic E-state index is 0.189. The van der Waals surface area contributed by atoms with E-state index in [2.05, 4.69) is 28.6 Å². The molecule has 0 aliphatic carbocycles. The Labute approximate surface area is 199 Å². The summed E-state index contributed by atoms with van der Waals surface area (Å²) in [6.07, 6.45) is -2.39. The zero-order chi connectivity index (χ0) is 25.6. The summed E-state index contributed by atoms with van der Waals surface area (Å²) in [6.45, 7) is 5.58.